The van der Waals surface area contributed by atoms with Gasteiger partial charge in [0.15, 0.2) is 5.82 Å². The van der Waals surface area contributed by atoms with Crippen molar-refractivity contribution in [3.05, 3.63) is 64.8 Å². The smallest absolute Gasteiger partial charge is 0.225 e. The number of hydrogen-bond donors (Lipinski definition) is 0. The van der Waals surface area contributed by atoms with Crippen molar-refractivity contribution in [2.45, 2.75) is 12.8 Å². The summed E-state index contributed by atoms with van der Waals surface area (Å²) in [7, 11) is 0. The van der Waals surface area contributed by atoms with Gasteiger partial charge in [0.05, 0.1) is 5.69 Å². The summed E-state index contributed by atoms with van der Waals surface area (Å²) in [6.07, 6.45) is 6.13. The molecule has 1 saturated carbocycles. The third-order valence-corrected chi connectivity index (χ3v) is 6.07. The molecule has 0 radical (unpaired) electrons. The number of amides is 1. The molecule has 6 heteroatoms. The highest BCUT2D eigenvalue weighted by molar-refractivity contribution is 6.30. The van der Waals surface area contributed by atoms with Crippen LogP contribution in [0.4, 0.5) is 5.82 Å². The topological polar surface area (TPSA) is 49.3 Å². The Bertz CT molecular complexity index is 1100. The Kier molecular flexibility index (Phi) is 5.13. The molecular weight excluding hydrogens is 396 g/mol. The normalized spacial score (nSPS) is 17.1. The van der Waals surface area contributed by atoms with Gasteiger partial charge >= 0.3 is 0 Å². The van der Waals surface area contributed by atoms with Gasteiger partial charge in [0.2, 0.25) is 5.91 Å². The molecule has 0 atom stereocenters. The Hall–Kier alpha value is -2.92. The van der Waals surface area contributed by atoms with Gasteiger partial charge in [-0.2, -0.15) is 0 Å². The predicted octanol–water partition coefficient (Wildman–Crippen LogP) is 4.51. The highest BCUT2D eigenvalue weighted by atomic mass is 35.5. The Balaban J connectivity index is 1.39. The van der Waals surface area contributed by atoms with Crippen molar-refractivity contribution in [1.29, 1.82) is 0 Å². The maximum Gasteiger partial charge on any atom is 0.225 e. The van der Waals surface area contributed by atoms with E-state index in [1.54, 1.807) is 0 Å². The maximum absolute atomic E-state index is 12.3. The molecule has 1 saturated heterocycles. The SMILES string of the molecule is O=C(C1CC1)N1CCN(c2nnc(/C=C/c3ccc(Cl)cc3)c3ccccc23)CC1. The number of hydrogen-bond acceptors (Lipinski definition) is 4. The quantitative estimate of drug-likeness (QED) is 0.625. The first kappa shape index (κ1) is 19.1. The van der Waals surface area contributed by atoms with E-state index in [-0.39, 0.29) is 5.92 Å². The maximum atomic E-state index is 12.3. The van der Waals surface area contributed by atoms with Crippen LogP contribution in [0.3, 0.4) is 0 Å². The monoisotopic (exact) mass is 418 g/mol. The van der Waals surface area contributed by atoms with Crippen molar-refractivity contribution in [2.75, 3.05) is 31.1 Å². The molecule has 1 aromatic heterocycles. The summed E-state index contributed by atoms with van der Waals surface area (Å²) < 4.78 is 0. The first-order valence-electron chi connectivity index (χ1n) is 10.4. The molecule has 152 valence electrons. The number of fused-ring (bicyclic) bond motifs is 1. The van der Waals surface area contributed by atoms with Gasteiger partial charge in [-0.05, 0) is 36.6 Å². The van der Waals surface area contributed by atoms with Crippen LogP contribution in [-0.2, 0) is 4.79 Å². The largest absolute Gasteiger partial charge is 0.351 e. The summed E-state index contributed by atoms with van der Waals surface area (Å²) in [5.41, 5.74) is 1.90. The summed E-state index contributed by atoms with van der Waals surface area (Å²) in [5.74, 6) is 1.50. The molecule has 1 aliphatic heterocycles. The van der Waals surface area contributed by atoms with Gasteiger partial charge < -0.3 is 9.80 Å². The van der Waals surface area contributed by atoms with E-state index >= 15 is 0 Å². The average molecular weight is 419 g/mol. The molecule has 5 rings (SSSR count). The van der Waals surface area contributed by atoms with Crippen molar-refractivity contribution in [2.24, 2.45) is 5.92 Å². The number of carbonyl (C=O) groups is 1. The zero-order valence-electron chi connectivity index (χ0n) is 16.7. The van der Waals surface area contributed by atoms with Gasteiger partial charge in [0.1, 0.15) is 0 Å². The van der Waals surface area contributed by atoms with Crippen LogP contribution in [-0.4, -0.2) is 47.2 Å². The van der Waals surface area contributed by atoms with Crippen LogP contribution in [0.5, 0.6) is 0 Å². The van der Waals surface area contributed by atoms with Gasteiger partial charge in [-0.3, -0.25) is 4.79 Å². The second kappa shape index (κ2) is 8.07. The molecule has 0 unspecified atom stereocenters. The van der Waals surface area contributed by atoms with Crippen LogP contribution in [0, 0.1) is 5.92 Å². The molecular formula is C24H23ClN4O. The van der Waals surface area contributed by atoms with Crippen molar-refractivity contribution >= 4 is 46.3 Å². The number of benzene rings is 2. The summed E-state index contributed by atoms with van der Waals surface area (Å²) in [5, 5.41) is 12.0. The number of anilines is 1. The highest BCUT2D eigenvalue weighted by Gasteiger charge is 2.34. The van der Waals surface area contributed by atoms with Crippen molar-refractivity contribution in [3.8, 4) is 0 Å². The second-order valence-electron chi connectivity index (χ2n) is 7.93. The van der Waals surface area contributed by atoms with E-state index in [9.17, 15) is 4.79 Å². The summed E-state index contributed by atoms with van der Waals surface area (Å²) in [4.78, 5) is 16.6. The fourth-order valence-corrected chi connectivity index (χ4v) is 4.07. The van der Waals surface area contributed by atoms with Crippen LogP contribution in [0.15, 0.2) is 48.5 Å². The lowest BCUT2D eigenvalue weighted by Gasteiger charge is -2.35. The molecule has 30 heavy (non-hydrogen) atoms. The van der Waals surface area contributed by atoms with Gasteiger partial charge in [0, 0.05) is 47.9 Å². The van der Waals surface area contributed by atoms with Gasteiger partial charge in [-0.25, -0.2) is 0 Å². The molecule has 2 heterocycles. The Labute approximate surface area is 181 Å². The zero-order valence-corrected chi connectivity index (χ0v) is 17.4. The lowest BCUT2D eigenvalue weighted by molar-refractivity contribution is -0.132. The standard InChI is InChI=1S/C24H23ClN4O/c25-19-10-5-17(6-11-19)7-12-22-20-3-1-2-4-21(20)23(27-26-22)28-13-15-29(16-14-28)24(30)18-8-9-18/h1-7,10-12,18H,8-9,13-16H2/b12-7+. The number of carbonyl (C=O) groups excluding carboxylic acids is 1. The van der Waals surface area contributed by atoms with Crippen molar-refractivity contribution < 1.29 is 4.79 Å². The number of piperazine rings is 1. The molecule has 0 spiro atoms. The molecule has 1 amide bonds. The minimum Gasteiger partial charge on any atom is -0.351 e. The van der Waals surface area contributed by atoms with E-state index in [0.717, 1.165) is 71.9 Å². The Morgan fingerprint density at radius 2 is 1.60 bits per heavy atom. The summed E-state index contributed by atoms with van der Waals surface area (Å²) >= 11 is 5.97. The van der Waals surface area contributed by atoms with E-state index in [2.05, 4.69) is 27.2 Å². The Morgan fingerprint density at radius 3 is 2.30 bits per heavy atom. The fraction of sp³-hybridized carbons (Fsp3) is 0.292. The predicted molar refractivity (Wildman–Crippen MR) is 121 cm³/mol. The minimum atomic E-state index is 0.281. The van der Waals surface area contributed by atoms with Gasteiger partial charge in [-0.15, -0.1) is 10.2 Å². The zero-order chi connectivity index (χ0) is 20.5. The number of halogens is 1. The van der Waals surface area contributed by atoms with Crippen LogP contribution in [0.25, 0.3) is 22.9 Å². The lowest BCUT2D eigenvalue weighted by Crippen LogP contribution is -2.49. The molecule has 2 aromatic carbocycles. The van der Waals surface area contributed by atoms with Crippen LogP contribution in [0.1, 0.15) is 24.1 Å². The van der Waals surface area contributed by atoms with E-state index in [0.29, 0.717) is 5.91 Å². The van der Waals surface area contributed by atoms with Crippen molar-refractivity contribution in [1.82, 2.24) is 15.1 Å². The van der Waals surface area contributed by atoms with Gasteiger partial charge in [-0.1, -0.05) is 54.1 Å². The first-order valence-corrected chi connectivity index (χ1v) is 10.8. The van der Waals surface area contributed by atoms with Crippen LogP contribution >= 0.6 is 11.6 Å². The van der Waals surface area contributed by atoms with Crippen LogP contribution in [0.2, 0.25) is 5.02 Å². The van der Waals surface area contributed by atoms with Crippen LogP contribution < -0.4 is 4.90 Å². The van der Waals surface area contributed by atoms with E-state index in [1.807, 2.05) is 53.5 Å². The average Bonchev–Trinajstić information content (AvgIpc) is 3.64. The fourth-order valence-electron chi connectivity index (χ4n) is 3.94. The molecule has 1 aliphatic carbocycles. The molecule has 2 fully saturated rings. The number of aromatic nitrogens is 2. The lowest BCUT2D eigenvalue weighted by atomic mass is 10.1. The van der Waals surface area contributed by atoms with E-state index in [1.165, 1.54) is 0 Å². The number of rotatable bonds is 4. The van der Waals surface area contributed by atoms with Gasteiger partial charge in [0.25, 0.3) is 0 Å². The molecule has 0 N–H and O–H groups in total. The molecule has 2 aliphatic rings. The van der Waals surface area contributed by atoms with Crippen molar-refractivity contribution in [3.63, 3.8) is 0 Å². The Morgan fingerprint density at radius 1 is 0.900 bits per heavy atom. The molecule has 3 aromatic rings. The third kappa shape index (κ3) is 3.90. The molecule has 0 bridgehead atoms. The van der Waals surface area contributed by atoms with E-state index < -0.39 is 0 Å². The van der Waals surface area contributed by atoms with E-state index in [4.69, 9.17) is 11.6 Å². The highest BCUT2D eigenvalue weighted by Crippen LogP contribution is 2.32. The number of nitrogens with zero attached hydrogens (tertiary/aromatic N) is 4. The first-order chi connectivity index (χ1) is 14.7. The third-order valence-electron chi connectivity index (χ3n) is 5.82. The second-order valence-corrected chi connectivity index (χ2v) is 8.36. The summed E-state index contributed by atoms with van der Waals surface area (Å²) in [6, 6.07) is 16.0. The summed E-state index contributed by atoms with van der Waals surface area (Å²) in [6.45, 7) is 3.08. The molecule has 5 nitrogen and oxygen atoms in total. The minimum absolute atomic E-state index is 0.281.